The van der Waals surface area contributed by atoms with Crippen molar-refractivity contribution in [2.24, 2.45) is 0 Å². The minimum absolute atomic E-state index is 0.124. The molecule has 5 nitrogen and oxygen atoms in total. The predicted octanol–water partition coefficient (Wildman–Crippen LogP) is 5.07. The van der Waals surface area contributed by atoms with E-state index in [0.717, 1.165) is 54.4 Å². The molecule has 1 saturated heterocycles. The number of hydrogen-bond donors (Lipinski definition) is 0. The summed E-state index contributed by atoms with van der Waals surface area (Å²) in [7, 11) is 0. The second-order valence-corrected chi connectivity index (χ2v) is 8.94. The molecule has 1 aliphatic heterocycles. The van der Waals surface area contributed by atoms with E-state index in [1.54, 1.807) is 30.3 Å². The van der Waals surface area contributed by atoms with Gasteiger partial charge in [0.25, 0.3) is 0 Å². The highest BCUT2D eigenvalue weighted by atomic mass is 16.2. The summed E-state index contributed by atoms with van der Waals surface area (Å²) in [6.07, 6.45) is 8.94. The van der Waals surface area contributed by atoms with E-state index in [1.807, 2.05) is 27.8 Å². The molecule has 0 saturated carbocycles. The molecule has 33 heavy (non-hydrogen) atoms. The Hall–Kier alpha value is -3.47. The molecule has 0 bridgehead atoms. The fourth-order valence-corrected chi connectivity index (χ4v) is 5.12. The number of fused-ring (bicyclic) bond motifs is 2. The molecule has 2 aliphatic rings. The Kier molecular flexibility index (Phi) is 5.71. The highest BCUT2D eigenvalue weighted by Crippen LogP contribution is 2.32. The first-order chi connectivity index (χ1) is 16.1. The van der Waals surface area contributed by atoms with Gasteiger partial charge in [0.1, 0.15) is 6.54 Å². The molecule has 0 N–H and O–H groups in total. The predicted molar refractivity (Wildman–Crippen MR) is 129 cm³/mol. The van der Waals surface area contributed by atoms with Crippen LogP contribution in [0.5, 0.6) is 0 Å². The number of ketones is 2. The summed E-state index contributed by atoms with van der Waals surface area (Å²) in [6, 6.07) is 13.0. The van der Waals surface area contributed by atoms with Crippen LogP contribution in [0.1, 0.15) is 64.4 Å². The maximum atomic E-state index is 13.2. The maximum Gasteiger partial charge on any atom is 0.242 e. The quantitative estimate of drug-likeness (QED) is 0.420. The fourth-order valence-electron chi connectivity index (χ4n) is 5.12. The monoisotopic (exact) mass is 440 g/mol. The lowest BCUT2D eigenvalue weighted by molar-refractivity contribution is -0.131. The van der Waals surface area contributed by atoms with Gasteiger partial charge in [-0.15, -0.1) is 0 Å². The van der Waals surface area contributed by atoms with E-state index in [2.05, 4.69) is 13.0 Å². The number of rotatable bonds is 4. The van der Waals surface area contributed by atoms with Gasteiger partial charge in [-0.25, -0.2) is 0 Å². The Labute approximate surface area is 193 Å². The number of allylic oxidation sites excluding steroid dienone is 1. The molecule has 0 atom stereocenters. The fraction of sp³-hybridized carbons (Fsp3) is 0.321. The second kappa shape index (κ2) is 8.81. The van der Waals surface area contributed by atoms with Crippen molar-refractivity contribution in [3.05, 3.63) is 76.5 Å². The first kappa shape index (κ1) is 21.4. The van der Waals surface area contributed by atoms with Crippen LogP contribution in [0, 0.1) is 0 Å². The lowest BCUT2D eigenvalue weighted by Crippen LogP contribution is -2.34. The highest BCUT2D eigenvalue weighted by molar-refractivity contribution is 6.41. The van der Waals surface area contributed by atoms with E-state index in [-0.39, 0.29) is 29.6 Å². The van der Waals surface area contributed by atoms with Gasteiger partial charge < -0.3 is 9.47 Å². The number of nitrogens with zero attached hydrogens (tertiary/aromatic N) is 2. The normalized spacial score (nSPS) is 16.3. The summed E-state index contributed by atoms with van der Waals surface area (Å²) in [5, 5.41) is 0.960. The van der Waals surface area contributed by atoms with Crippen molar-refractivity contribution in [3.63, 3.8) is 0 Å². The molecule has 0 radical (unpaired) electrons. The zero-order valence-electron chi connectivity index (χ0n) is 19.0. The van der Waals surface area contributed by atoms with Crippen molar-refractivity contribution >= 4 is 34.5 Å². The van der Waals surface area contributed by atoms with Crippen LogP contribution in [-0.4, -0.2) is 40.0 Å². The van der Waals surface area contributed by atoms with Crippen LogP contribution in [-0.2, 0) is 17.8 Å². The number of aryl methyl sites for hydroxylation is 1. The van der Waals surface area contributed by atoms with Crippen molar-refractivity contribution < 1.29 is 14.4 Å². The molecule has 0 spiro atoms. The van der Waals surface area contributed by atoms with Crippen LogP contribution in [0.2, 0.25) is 0 Å². The molecule has 5 rings (SSSR count). The number of amides is 1. The van der Waals surface area contributed by atoms with Gasteiger partial charge in [-0.05, 0) is 30.9 Å². The molecule has 168 valence electrons. The van der Waals surface area contributed by atoms with Crippen molar-refractivity contribution in [1.29, 1.82) is 0 Å². The molecule has 3 aromatic rings. The van der Waals surface area contributed by atoms with Crippen LogP contribution in [0.15, 0.2) is 54.2 Å². The average molecular weight is 441 g/mol. The largest absolute Gasteiger partial charge is 0.341 e. The van der Waals surface area contributed by atoms with Crippen molar-refractivity contribution in [3.8, 4) is 0 Å². The van der Waals surface area contributed by atoms with Crippen molar-refractivity contribution in [1.82, 2.24) is 9.47 Å². The molecule has 2 heterocycles. The Morgan fingerprint density at radius 3 is 2.21 bits per heavy atom. The zero-order valence-corrected chi connectivity index (χ0v) is 19.0. The number of para-hydroxylation sites is 1. The number of Topliss-reactive ketones (excluding diaryl/α,β-unsaturated/α-hetero) is 2. The number of benzene rings is 2. The first-order valence-electron chi connectivity index (χ1n) is 11.9. The molecule has 2 aromatic carbocycles. The van der Waals surface area contributed by atoms with Crippen molar-refractivity contribution in [2.45, 2.75) is 45.6 Å². The second-order valence-electron chi connectivity index (χ2n) is 8.94. The van der Waals surface area contributed by atoms with Crippen LogP contribution in [0.3, 0.4) is 0 Å². The van der Waals surface area contributed by atoms with Gasteiger partial charge in [0.15, 0.2) is 11.6 Å². The van der Waals surface area contributed by atoms with Gasteiger partial charge in [-0.1, -0.05) is 62.2 Å². The molecular weight excluding hydrogens is 412 g/mol. The summed E-state index contributed by atoms with van der Waals surface area (Å²) in [5.74, 6) is -0.341. The molecular formula is C28H28N2O3. The third-order valence-electron chi connectivity index (χ3n) is 6.86. The molecule has 1 fully saturated rings. The van der Waals surface area contributed by atoms with E-state index in [9.17, 15) is 14.4 Å². The van der Waals surface area contributed by atoms with E-state index >= 15 is 0 Å². The van der Waals surface area contributed by atoms with Crippen molar-refractivity contribution in [2.75, 3.05) is 13.1 Å². The number of carbonyl (C=O) groups excluding carboxylic acids is 3. The lowest BCUT2D eigenvalue weighted by atomic mass is 10.0. The Morgan fingerprint density at radius 1 is 0.909 bits per heavy atom. The van der Waals surface area contributed by atoms with Gasteiger partial charge in [0.05, 0.1) is 11.1 Å². The average Bonchev–Trinajstić information content (AvgIpc) is 3.13. The van der Waals surface area contributed by atoms with Gasteiger partial charge >= 0.3 is 0 Å². The summed E-state index contributed by atoms with van der Waals surface area (Å²) in [6.45, 7) is 3.99. The molecule has 1 aromatic heterocycles. The topological polar surface area (TPSA) is 59.4 Å². The standard InChI is InChI=1S/C28H28N2O3/c1-2-19-10-9-13-21-20(16-24-27(32)22-11-5-6-12-23(22)28(24)33)17-30(26(19)21)18-25(31)29-14-7-3-4-8-15-29/h5-6,9-13,16-17H,2-4,7-8,14-15,18H2,1H3. The third kappa shape index (κ3) is 3.82. The number of carbonyl (C=O) groups is 3. The Balaban J connectivity index is 1.56. The molecule has 5 heteroatoms. The van der Waals surface area contributed by atoms with Crippen LogP contribution in [0.25, 0.3) is 17.0 Å². The van der Waals surface area contributed by atoms with E-state index in [0.29, 0.717) is 11.1 Å². The lowest BCUT2D eigenvalue weighted by Gasteiger charge is -2.21. The Bertz CT molecular complexity index is 1250. The summed E-state index contributed by atoms with van der Waals surface area (Å²) in [4.78, 5) is 41.0. The third-order valence-corrected chi connectivity index (χ3v) is 6.86. The summed E-state index contributed by atoms with van der Waals surface area (Å²) in [5.41, 5.74) is 4.06. The van der Waals surface area contributed by atoms with Crippen LogP contribution >= 0.6 is 0 Å². The molecule has 1 aliphatic carbocycles. The van der Waals surface area contributed by atoms with E-state index in [1.165, 1.54) is 12.8 Å². The zero-order chi connectivity index (χ0) is 22.9. The van der Waals surface area contributed by atoms with E-state index < -0.39 is 0 Å². The molecule has 1 amide bonds. The molecule has 0 unspecified atom stereocenters. The van der Waals surface area contributed by atoms with Crippen LogP contribution in [0.4, 0.5) is 0 Å². The number of likely N-dealkylation sites (tertiary alicyclic amines) is 1. The maximum absolute atomic E-state index is 13.2. The van der Waals surface area contributed by atoms with Gasteiger partial charge in [0.2, 0.25) is 5.91 Å². The SMILES string of the molecule is CCc1cccc2c(C=C3C(=O)c4ccccc4C3=O)cn(CC(=O)N3CCCCCC3)c12. The van der Waals surface area contributed by atoms with Gasteiger partial charge in [-0.3, -0.25) is 14.4 Å². The smallest absolute Gasteiger partial charge is 0.242 e. The van der Waals surface area contributed by atoms with E-state index in [4.69, 9.17) is 0 Å². The minimum Gasteiger partial charge on any atom is -0.341 e. The van der Waals surface area contributed by atoms with Crippen LogP contribution < -0.4 is 0 Å². The summed E-state index contributed by atoms with van der Waals surface area (Å²) >= 11 is 0. The minimum atomic E-state index is -0.233. The number of hydrogen-bond acceptors (Lipinski definition) is 3. The number of aromatic nitrogens is 1. The highest BCUT2D eigenvalue weighted by Gasteiger charge is 2.33. The first-order valence-corrected chi connectivity index (χ1v) is 11.9. The summed E-state index contributed by atoms with van der Waals surface area (Å²) < 4.78 is 2.00. The Morgan fingerprint density at radius 2 is 1.58 bits per heavy atom. The van der Waals surface area contributed by atoms with Gasteiger partial charge in [0, 0.05) is 41.4 Å². The van der Waals surface area contributed by atoms with Gasteiger partial charge in [-0.2, -0.15) is 0 Å².